The van der Waals surface area contributed by atoms with Crippen molar-refractivity contribution in [1.29, 1.82) is 0 Å². The molecule has 1 heterocycles. The molecule has 0 aromatic heterocycles. The van der Waals surface area contributed by atoms with E-state index in [-0.39, 0.29) is 17.8 Å². The third kappa shape index (κ3) is 3.48. The van der Waals surface area contributed by atoms with E-state index in [9.17, 15) is 4.79 Å². The van der Waals surface area contributed by atoms with Gasteiger partial charge >= 0.3 is 5.97 Å². The molecule has 18 heavy (non-hydrogen) atoms. The molecule has 0 saturated carbocycles. The van der Waals surface area contributed by atoms with Crippen LogP contribution < -0.4 is 5.32 Å². The van der Waals surface area contributed by atoms with Gasteiger partial charge in [-0.2, -0.15) is 0 Å². The highest BCUT2D eigenvalue weighted by molar-refractivity contribution is 5.82. The highest BCUT2D eigenvalue weighted by atomic mass is 16.5. The van der Waals surface area contributed by atoms with Crippen molar-refractivity contribution in [3.8, 4) is 0 Å². The van der Waals surface area contributed by atoms with Gasteiger partial charge in [0.15, 0.2) is 5.96 Å². The summed E-state index contributed by atoms with van der Waals surface area (Å²) in [7, 11) is 1.44. The van der Waals surface area contributed by atoms with Crippen LogP contribution in [0.4, 0.5) is 0 Å². The van der Waals surface area contributed by atoms with Gasteiger partial charge in [-0.3, -0.25) is 4.79 Å². The van der Waals surface area contributed by atoms with Crippen LogP contribution in [0.3, 0.4) is 0 Å². The van der Waals surface area contributed by atoms with E-state index >= 15 is 0 Å². The number of methoxy groups -OCH3 is 1. The second kappa shape index (κ2) is 7.03. The average molecular weight is 253 g/mol. The maximum Gasteiger partial charge on any atom is 0.310 e. The quantitative estimate of drug-likeness (QED) is 0.350. The summed E-state index contributed by atoms with van der Waals surface area (Å²) in [6.07, 6.45) is 1.76. The Hall–Kier alpha value is -1.52. The summed E-state index contributed by atoms with van der Waals surface area (Å²) >= 11 is 0. The average Bonchev–Trinajstić information content (AvgIpc) is 2.75. The van der Waals surface area contributed by atoms with E-state index < -0.39 is 0 Å². The number of hydrogen-bond acceptors (Lipinski definition) is 3. The van der Waals surface area contributed by atoms with Crippen LogP contribution in [-0.4, -0.2) is 50.1 Å². The molecule has 0 amide bonds. The molecule has 1 rings (SSSR count). The predicted molar refractivity (Wildman–Crippen MR) is 72.4 cm³/mol. The topological polar surface area (TPSA) is 53.9 Å². The summed E-state index contributed by atoms with van der Waals surface area (Å²) in [5.74, 6) is 0.924. The molecule has 1 fully saturated rings. The first-order chi connectivity index (χ1) is 8.63. The first-order valence-corrected chi connectivity index (χ1v) is 6.36. The van der Waals surface area contributed by atoms with E-state index in [1.54, 1.807) is 6.08 Å². The number of carbonyl (C=O) groups excluding carboxylic acids is 1. The monoisotopic (exact) mass is 253 g/mol. The maximum absolute atomic E-state index is 11.6. The Morgan fingerprint density at radius 2 is 2.33 bits per heavy atom. The first kappa shape index (κ1) is 14.5. The van der Waals surface area contributed by atoms with Crippen LogP contribution in [0.25, 0.3) is 0 Å². The van der Waals surface area contributed by atoms with Crippen molar-refractivity contribution in [1.82, 2.24) is 10.2 Å². The van der Waals surface area contributed by atoms with Crippen LogP contribution in [0.2, 0.25) is 0 Å². The number of esters is 1. The zero-order valence-corrected chi connectivity index (χ0v) is 11.5. The van der Waals surface area contributed by atoms with Crippen molar-refractivity contribution in [2.75, 3.05) is 33.3 Å². The van der Waals surface area contributed by atoms with Gasteiger partial charge in [0, 0.05) is 19.6 Å². The maximum atomic E-state index is 11.6. The van der Waals surface area contributed by atoms with Crippen LogP contribution >= 0.6 is 0 Å². The summed E-state index contributed by atoms with van der Waals surface area (Å²) in [4.78, 5) is 18.2. The van der Waals surface area contributed by atoms with Gasteiger partial charge < -0.3 is 15.0 Å². The van der Waals surface area contributed by atoms with Crippen LogP contribution in [0.15, 0.2) is 17.6 Å². The minimum atomic E-state index is -0.135. The molecule has 0 spiro atoms. The molecule has 1 N–H and O–H groups in total. The van der Waals surface area contributed by atoms with E-state index in [1.165, 1.54) is 7.11 Å². The molecule has 0 aromatic carbocycles. The number of guanidine groups is 1. The number of likely N-dealkylation sites (tertiary alicyclic amines) is 1. The lowest BCUT2D eigenvalue weighted by Gasteiger charge is -2.21. The number of nitrogens with zero attached hydrogens (tertiary/aromatic N) is 2. The fraction of sp³-hybridized carbons (Fsp3) is 0.692. The van der Waals surface area contributed by atoms with Crippen LogP contribution in [0, 0.1) is 11.8 Å². The standard InChI is InChI=1S/C13H23N3O2/c1-5-7-15-13(14-6-2)16-8-10(3)11(9-16)12(17)18-4/h5,10-11H,1,6-9H2,2-4H3,(H,14,15). The molecule has 5 nitrogen and oxygen atoms in total. The van der Waals surface area contributed by atoms with Gasteiger partial charge in [-0.05, 0) is 12.8 Å². The zero-order chi connectivity index (χ0) is 13.5. The minimum absolute atomic E-state index is 0.0670. The molecule has 2 atom stereocenters. The van der Waals surface area contributed by atoms with Gasteiger partial charge in [-0.15, -0.1) is 6.58 Å². The third-order valence-electron chi connectivity index (χ3n) is 3.12. The highest BCUT2D eigenvalue weighted by Gasteiger charge is 2.36. The zero-order valence-electron chi connectivity index (χ0n) is 11.5. The Morgan fingerprint density at radius 1 is 1.61 bits per heavy atom. The van der Waals surface area contributed by atoms with Crippen LogP contribution in [0.5, 0.6) is 0 Å². The van der Waals surface area contributed by atoms with Crippen molar-refractivity contribution in [3.05, 3.63) is 12.7 Å². The van der Waals surface area contributed by atoms with Crippen molar-refractivity contribution in [2.45, 2.75) is 13.8 Å². The molecule has 1 saturated heterocycles. The Kier molecular flexibility index (Phi) is 5.68. The lowest BCUT2D eigenvalue weighted by Crippen LogP contribution is -2.40. The van der Waals surface area contributed by atoms with Gasteiger partial charge in [0.05, 0.1) is 19.6 Å². The fourth-order valence-corrected chi connectivity index (χ4v) is 2.17. The van der Waals surface area contributed by atoms with E-state index in [0.29, 0.717) is 13.1 Å². The van der Waals surface area contributed by atoms with Gasteiger partial charge in [0.2, 0.25) is 0 Å². The van der Waals surface area contributed by atoms with E-state index in [2.05, 4.69) is 28.7 Å². The molecule has 5 heteroatoms. The summed E-state index contributed by atoms with van der Waals surface area (Å²) in [6, 6.07) is 0. The second-order valence-electron chi connectivity index (χ2n) is 4.50. The SMILES string of the molecule is C=CCN=C(NCC)N1CC(C)C(C(=O)OC)C1. The summed E-state index contributed by atoms with van der Waals surface area (Å²) in [5, 5.41) is 3.23. The number of nitrogens with one attached hydrogen (secondary N) is 1. The Labute approximate surface area is 109 Å². The van der Waals surface area contributed by atoms with Crippen LogP contribution in [-0.2, 0) is 9.53 Å². The molecule has 2 unspecified atom stereocenters. The van der Waals surface area contributed by atoms with Gasteiger partial charge in [-0.1, -0.05) is 13.0 Å². The molecule has 0 aromatic rings. The van der Waals surface area contributed by atoms with Gasteiger partial charge in [-0.25, -0.2) is 4.99 Å². The van der Waals surface area contributed by atoms with E-state index in [4.69, 9.17) is 4.74 Å². The fourth-order valence-electron chi connectivity index (χ4n) is 2.17. The lowest BCUT2D eigenvalue weighted by atomic mass is 9.99. The number of carbonyl (C=O) groups is 1. The van der Waals surface area contributed by atoms with Crippen LogP contribution in [0.1, 0.15) is 13.8 Å². The minimum Gasteiger partial charge on any atom is -0.469 e. The normalized spacial score (nSPS) is 23.9. The van der Waals surface area contributed by atoms with Gasteiger partial charge in [0.1, 0.15) is 0 Å². The molecular weight excluding hydrogens is 230 g/mol. The highest BCUT2D eigenvalue weighted by Crippen LogP contribution is 2.24. The van der Waals surface area contributed by atoms with Crippen molar-refractivity contribution in [2.24, 2.45) is 16.8 Å². The Bertz CT molecular complexity index is 328. The smallest absolute Gasteiger partial charge is 0.310 e. The molecule has 1 aliphatic rings. The number of aliphatic imine (C=N–C) groups is 1. The molecule has 0 bridgehead atoms. The largest absolute Gasteiger partial charge is 0.469 e. The lowest BCUT2D eigenvalue weighted by molar-refractivity contribution is -0.145. The number of hydrogen-bond donors (Lipinski definition) is 1. The second-order valence-corrected chi connectivity index (χ2v) is 4.50. The van der Waals surface area contributed by atoms with Crippen molar-refractivity contribution >= 4 is 11.9 Å². The summed E-state index contributed by atoms with van der Waals surface area (Å²) in [6.45, 7) is 10.6. The van der Waals surface area contributed by atoms with E-state index in [0.717, 1.165) is 19.0 Å². The Balaban J connectivity index is 2.71. The van der Waals surface area contributed by atoms with E-state index in [1.807, 2.05) is 6.92 Å². The molecular formula is C13H23N3O2. The number of ether oxygens (including phenoxy) is 1. The summed E-state index contributed by atoms with van der Waals surface area (Å²) in [5.41, 5.74) is 0. The Morgan fingerprint density at radius 3 is 2.89 bits per heavy atom. The summed E-state index contributed by atoms with van der Waals surface area (Å²) < 4.78 is 4.83. The molecule has 102 valence electrons. The molecule has 0 radical (unpaired) electrons. The number of rotatable bonds is 4. The predicted octanol–water partition coefficient (Wildman–Crippen LogP) is 0.879. The van der Waals surface area contributed by atoms with Crippen molar-refractivity contribution < 1.29 is 9.53 Å². The van der Waals surface area contributed by atoms with Gasteiger partial charge in [0.25, 0.3) is 0 Å². The first-order valence-electron chi connectivity index (χ1n) is 6.36. The van der Waals surface area contributed by atoms with Crippen molar-refractivity contribution in [3.63, 3.8) is 0 Å². The third-order valence-corrected chi connectivity index (χ3v) is 3.12. The molecule has 1 aliphatic heterocycles. The molecule has 0 aliphatic carbocycles.